The Kier molecular flexibility index (Phi) is 4.61. The van der Waals surface area contributed by atoms with Gasteiger partial charge in [0.25, 0.3) is 0 Å². The first-order valence-corrected chi connectivity index (χ1v) is 5.90. The Labute approximate surface area is 100 Å². The van der Waals surface area contributed by atoms with Crippen molar-refractivity contribution in [2.24, 2.45) is 0 Å². The van der Waals surface area contributed by atoms with Crippen LogP contribution in [0.3, 0.4) is 0 Å². The van der Waals surface area contributed by atoms with Gasteiger partial charge in [-0.3, -0.25) is 0 Å². The highest BCUT2D eigenvalue weighted by atomic mass is 35.5. The first kappa shape index (κ1) is 13.3. The van der Waals surface area contributed by atoms with E-state index in [0.29, 0.717) is 6.42 Å². The van der Waals surface area contributed by atoms with E-state index in [1.54, 1.807) is 0 Å². The number of hydrogen-bond donors (Lipinski definition) is 0. The minimum absolute atomic E-state index is 0.0111. The smallest absolute Gasteiger partial charge is 0.385 e. The van der Waals surface area contributed by atoms with E-state index in [1.807, 2.05) is 6.92 Å². The lowest BCUT2D eigenvalue weighted by Crippen LogP contribution is -2.29. The summed E-state index contributed by atoms with van der Waals surface area (Å²) in [6.45, 7) is 1.86. The molecule has 0 aliphatic rings. The molecule has 0 unspecified atom stereocenters. The van der Waals surface area contributed by atoms with Crippen LogP contribution in [0.15, 0.2) is 5.38 Å². The van der Waals surface area contributed by atoms with Gasteiger partial charge < -0.3 is 4.74 Å². The Hall–Kier alpha value is -0.750. The molecule has 0 aliphatic heterocycles. The standard InChI is InChI=1S/C9H10ClF2NO2S/c1-2-3-4-15-7(14)9(11,12)6-5-16-8(10)13-6/h5H,2-4H2,1H3. The first-order valence-electron chi connectivity index (χ1n) is 4.65. The van der Waals surface area contributed by atoms with Crippen molar-refractivity contribution in [3.63, 3.8) is 0 Å². The quantitative estimate of drug-likeness (QED) is 0.608. The number of unbranched alkanes of at least 4 members (excludes halogenated alkanes) is 1. The van der Waals surface area contributed by atoms with E-state index in [0.717, 1.165) is 23.1 Å². The number of rotatable bonds is 5. The van der Waals surface area contributed by atoms with Gasteiger partial charge in [-0.2, -0.15) is 8.78 Å². The molecule has 1 aromatic rings. The second-order valence-corrected chi connectivity index (χ2v) is 4.49. The number of carbonyl (C=O) groups is 1. The number of carbonyl (C=O) groups excluding carboxylic acids is 1. The molecule has 16 heavy (non-hydrogen) atoms. The van der Waals surface area contributed by atoms with Crippen molar-refractivity contribution >= 4 is 28.9 Å². The molecule has 0 radical (unpaired) electrons. The number of esters is 1. The lowest BCUT2D eigenvalue weighted by atomic mass is 10.2. The van der Waals surface area contributed by atoms with E-state index in [2.05, 4.69) is 9.72 Å². The van der Waals surface area contributed by atoms with E-state index in [4.69, 9.17) is 11.6 Å². The third-order valence-corrected chi connectivity index (χ3v) is 2.76. The van der Waals surface area contributed by atoms with E-state index < -0.39 is 17.6 Å². The molecule has 0 saturated heterocycles. The fourth-order valence-electron chi connectivity index (χ4n) is 0.900. The summed E-state index contributed by atoms with van der Waals surface area (Å²) in [6.07, 6.45) is 1.32. The van der Waals surface area contributed by atoms with Crippen molar-refractivity contribution in [1.29, 1.82) is 0 Å². The van der Waals surface area contributed by atoms with Gasteiger partial charge in [0.1, 0.15) is 5.69 Å². The van der Waals surface area contributed by atoms with Crippen LogP contribution in [0.25, 0.3) is 0 Å². The van der Waals surface area contributed by atoms with Gasteiger partial charge in [0.2, 0.25) is 0 Å². The lowest BCUT2D eigenvalue weighted by molar-refractivity contribution is -0.174. The molecule has 3 nitrogen and oxygen atoms in total. The fourth-order valence-corrected chi connectivity index (χ4v) is 1.69. The highest BCUT2D eigenvalue weighted by Gasteiger charge is 2.45. The summed E-state index contributed by atoms with van der Waals surface area (Å²) in [5.41, 5.74) is -0.663. The molecule has 0 N–H and O–H groups in total. The number of alkyl halides is 2. The number of nitrogens with zero attached hydrogens (tertiary/aromatic N) is 1. The third-order valence-electron chi connectivity index (χ3n) is 1.79. The van der Waals surface area contributed by atoms with Crippen LogP contribution in [-0.2, 0) is 15.5 Å². The van der Waals surface area contributed by atoms with Gasteiger partial charge in [-0.15, -0.1) is 11.3 Å². The largest absolute Gasteiger partial charge is 0.461 e. The molecule has 7 heteroatoms. The maximum atomic E-state index is 13.4. The predicted molar refractivity (Wildman–Crippen MR) is 56.9 cm³/mol. The summed E-state index contributed by atoms with van der Waals surface area (Å²) in [7, 11) is 0. The normalized spacial score (nSPS) is 11.5. The van der Waals surface area contributed by atoms with E-state index in [-0.39, 0.29) is 11.1 Å². The second-order valence-electron chi connectivity index (χ2n) is 3.05. The van der Waals surface area contributed by atoms with Gasteiger partial charge in [-0.1, -0.05) is 24.9 Å². The monoisotopic (exact) mass is 269 g/mol. The molecule has 1 heterocycles. The highest BCUT2D eigenvalue weighted by Crippen LogP contribution is 2.31. The molecule has 1 aromatic heterocycles. The van der Waals surface area contributed by atoms with Gasteiger partial charge in [-0.25, -0.2) is 9.78 Å². The van der Waals surface area contributed by atoms with Crippen molar-refractivity contribution in [3.8, 4) is 0 Å². The molecule has 1 rings (SSSR count). The van der Waals surface area contributed by atoms with Gasteiger partial charge in [0.05, 0.1) is 6.61 Å². The van der Waals surface area contributed by atoms with E-state index in [1.165, 1.54) is 0 Å². The highest BCUT2D eigenvalue weighted by molar-refractivity contribution is 7.14. The molecule has 0 spiro atoms. The van der Waals surface area contributed by atoms with E-state index >= 15 is 0 Å². The van der Waals surface area contributed by atoms with Crippen LogP contribution < -0.4 is 0 Å². The Bertz CT molecular complexity index is 370. The molecular formula is C9H10ClF2NO2S. The topological polar surface area (TPSA) is 39.2 Å². The van der Waals surface area contributed by atoms with Gasteiger partial charge >= 0.3 is 11.9 Å². The summed E-state index contributed by atoms with van der Waals surface area (Å²) >= 11 is 6.26. The first-order chi connectivity index (χ1) is 7.48. The number of thiazole rings is 1. The Morgan fingerprint density at radius 3 is 2.88 bits per heavy atom. The summed E-state index contributed by atoms with van der Waals surface area (Å²) in [6, 6.07) is 0. The maximum absolute atomic E-state index is 13.4. The molecule has 0 bridgehead atoms. The summed E-state index contributed by atoms with van der Waals surface area (Å²) in [5, 5.41) is 1.05. The minimum atomic E-state index is -3.72. The summed E-state index contributed by atoms with van der Waals surface area (Å²) in [4.78, 5) is 14.5. The van der Waals surface area contributed by atoms with Crippen molar-refractivity contribution in [2.75, 3.05) is 6.61 Å². The SMILES string of the molecule is CCCCOC(=O)C(F)(F)c1csc(Cl)n1. The summed E-state index contributed by atoms with van der Waals surface area (Å²) in [5.74, 6) is -5.31. The molecule has 0 aliphatic carbocycles. The van der Waals surface area contributed by atoms with Crippen LogP contribution >= 0.6 is 22.9 Å². The predicted octanol–water partition coefficient (Wildman–Crippen LogP) is 3.23. The number of ether oxygens (including phenoxy) is 1. The van der Waals surface area contributed by atoms with Crippen LogP contribution in [0.4, 0.5) is 8.78 Å². The van der Waals surface area contributed by atoms with Crippen LogP contribution in [-0.4, -0.2) is 17.6 Å². The van der Waals surface area contributed by atoms with Gasteiger partial charge in [0, 0.05) is 5.38 Å². The maximum Gasteiger partial charge on any atom is 0.385 e. The molecule has 0 amide bonds. The Balaban J connectivity index is 2.66. The van der Waals surface area contributed by atoms with Gasteiger partial charge in [-0.05, 0) is 6.42 Å². The van der Waals surface area contributed by atoms with Crippen molar-refractivity contribution < 1.29 is 18.3 Å². The van der Waals surface area contributed by atoms with E-state index in [9.17, 15) is 13.6 Å². The van der Waals surface area contributed by atoms with Crippen molar-refractivity contribution in [3.05, 3.63) is 15.5 Å². The molecule has 0 fully saturated rings. The van der Waals surface area contributed by atoms with Crippen LogP contribution in [0.2, 0.25) is 4.47 Å². The molecule has 0 saturated carbocycles. The average Bonchev–Trinajstić information content (AvgIpc) is 2.65. The van der Waals surface area contributed by atoms with Crippen LogP contribution in [0, 0.1) is 0 Å². The number of halogens is 3. The lowest BCUT2D eigenvalue weighted by Gasteiger charge is -2.12. The molecular weight excluding hydrogens is 260 g/mol. The number of hydrogen-bond acceptors (Lipinski definition) is 4. The van der Waals surface area contributed by atoms with Gasteiger partial charge in [0.15, 0.2) is 4.47 Å². The zero-order valence-electron chi connectivity index (χ0n) is 8.50. The number of aromatic nitrogens is 1. The van der Waals surface area contributed by atoms with Crippen LogP contribution in [0.1, 0.15) is 25.5 Å². The molecule has 0 atom stereocenters. The van der Waals surface area contributed by atoms with Crippen molar-refractivity contribution in [2.45, 2.75) is 25.7 Å². The van der Waals surface area contributed by atoms with Crippen molar-refractivity contribution in [1.82, 2.24) is 4.98 Å². The minimum Gasteiger partial charge on any atom is -0.461 e. The zero-order valence-corrected chi connectivity index (χ0v) is 10.1. The van der Waals surface area contributed by atoms with Crippen LogP contribution in [0.5, 0.6) is 0 Å². The fraction of sp³-hybridized carbons (Fsp3) is 0.556. The molecule has 90 valence electrons. The summed E-state index contributed by atoms with van der Waals surface area (Å²) < 4.78 is 31.2. The zero-order chi connectivity index (χ0) is 12.2. The molecule has 0 aromatic carbocycles. The second kappa shape index (κ2) is 5.54. The third kappa shape index (κ3) is 3.12. The Morgan fingerprint density at radius 2 is 2.38 bits per heavy atom. The average molecular weight is 270 g/mol. The Morgan fingerprint density at radius 1 is 1.69 bits per heavy atom.